The predicted octanol–water partition coefficient (Wildman–Crippen LogP) is 1.16. The fraction of sp³-hybridized carbons (Fsp3) is 0.533. The van der Waals surface area contributed by atoms with Crippen LogP contribution in [0.4, 0.5) is 5.69 Å². The summed E-state index contributed by atoms with van der Waals surface area (Å²) in [6.45, 7) is 3.35. The lowest BCUT2D eigenvalue weighted by molar-refractivity contribution is -0.137. The van der Waals surface area contributed by atoms with Gasteiger partial charge in [-0.05, 0) is 31.2 Å². The van der Waals surface area contributed by atoms with Gasteiger partial charge in [-0.2, -0.15) is 0 Å². The molecular formula is C15H24N2O4. The molecule has 0 aromatic heterocycles. The number of nitrogen functional groups attached to an aromatic ring is 1. The summed E-state index contributed by atoms with van der Waals surface area (Å²) >= 11 is 0. The van der Waals surface area contributed by atoms with Crippen LogP contribution in [0.1, 0.15) is 6.92 Å². The Morgan fingerprint density at radius 1 is 1.24 bits per heavy atom. The molecule has 0 heterocycles. The van der Waals surface area contributed by atoms with E-state index in [0.29, 0.717) is 31.2 Å². The molecule has 6 nitrogen and oxygen atoms in total. The first kappa shape index (κ1) is 17.3. The maximum atomic E-state index is 12.3. The van der Waals surface area contributed by atoms with E-state index in [9.17, 15) is 4.79 Å². The van der Waals surface area contributed by atoms with E-state index in [1.807, 2.05) is 6.92 Å². The number of amides is 1. The van der Waals surface area contributed by atoms with Crippen molar-refractivity contribution in [2.75, 3.05) is 46.3 Å². The van der Waals surface area contributed by atoms with Gasteiger partial charge in [-0.15, -0.1) is 0 Å². The molecule has 0 aliphatic heterocycles. The standard InChI is InChI=1S/C15H24N2O4/c1-12(10-20-3)17(8-9-19-2)15(18)11-21-14-6-4-13(16)5-7-14/h4-7,12H,8-11,16H2,1-3H3. The molecule has 0 radical (unpaired) electrons. The first-order valence-corrected chi connectivity index (χ1v) is 6.84. The second-order valence-corrected chi connectivity index (χ2v) is 4.74. The van der Waals surface area contributed by atoms with E-state index in [1.54, 1.807) is 43.4 Å². The average molecular weight is 296 g/mol. The Hall–Kier alpha value is -1.79. The topological polar surface area (TPSA) is 74.0 Å². The van der Waals surface area contributed by atoms with Crippen LogP contribution in [-0.4, -0.2) is 57.4 Å². The summed E-state index contributed by atoms with van der Waals surface area (Å²) in [6, 6.07) is 6.90. The predicted molar refractivity (Wildman–Crippen MR) is 81.3 cm³/mol. The van der Waals surface area contributed by atoms with Crippen molar-refractivity contribution in [1.29, 1.82) is 0 Å². The molecule has 1 unspecified atom stereocenters. The van der Waals surface area contributed by atoms with Crippen molar-refractivity contribution in [3.8, 4) is 5.75 Å². The number of carbonyl (C=O) groups excluding carboxylic acids is 1. The number of nitrogens with two attached hydrogens (primary N) is 1. The Bertz CT molecular complexity index is 422. The van der Waals surface area contributed by atoms with Crippen molar-refractivity contribution in [1.82, 2.24) is 4.90 Å². The summed E-state index contributed by atoms with van der Waals surface area (Å²) in [5, 5.41) is 0. The fourth-order valence-corrected chi connectivity index (χ4v) is 1.90. The monoisotopic (exact) mass is 296 g/mol. The Morgan fingerprint density at radius 2 is 1.90 bits per heavy atom. The zero-order valence-corrected chi connectivity index (χ0v) is 12.9. The summed E-state index contributed by atoms with van der Waals surface area (Å²) in [7, 11) is 3.22. The molecule has 0 fully saturated rings. The van der Waals surface area contributed by atoms with Gasteiger partial charge in [0.2, 0.25) is 0 Å². The van der Waals surface area contributed by atoms with Gasteiger partial charge in [0.15, 0.2) is 6.61 Å². The van der Waals surface area contributed by atoms with Crippen molar-refractivity contribution in [2.45, 2.75) is 13.0 Å². The lowest BCUT2D eigenvalue weighted by Gasteiger charge is -2.28. The highest BCUT2D eigenvalue weighted by Crippen LogP contribution is 2.13. The molecule has 0 saturated carbocycles. The van der Waals surface area contributed by atoms with Gasteiger partial charge < -0.3 is 24.8 Å². The second kappa shape index (κ2) is 9.20. The van der Waals surface area contributed by atoms with Crippen molar-refractivity contribution < 1.29 is 19.0 Å². The zero-order valence-electron chi connectivity index (χ0n) is 12.9. The van der Waals surface area contributed by atoms with Gasteiger partial charge in [-0.25, -0.2) is 0 Å². The Balaban J connectivity index is 2.56. The molecular weight excluding hydrogens is 272 g/mol. The first-order chi connectivity index (χ1) is 10.1. The van der Waals surface area contributed by atoms with Crippen LogP contribution in [0, 0.1) is 0 Å². The van der Waals surface area contributed by atoms with Crippen LogP contribution in [0.3, 0.4) is 0 Å². The third-order valence-corrected chi connectivity index (χ3v) is 3.04. The molecule has 6 heteroatoms. The third kappa shape index (κ3) is 6.01. The van der Waals surface area contributed by atoms with Crippen molar-refractivity contribution in [2.24, 2.45) is 0 Å². The lowest BCUT2D eigenvalue weighted by Crippen LogP contribution is -2.45. The highest BCUT2D eigenvalue weighted by molar-refractivity contribution is 5.78. The number of rotatable bonds is 9. The Kier molecular flexibility index (Phi) is 7.56. The van der Waals surface area contributed by atoms with Gasteiger partial charge in [0.25, 0.3) is 5.91 Å². The quantitative estimate of drug-likeness (QED) is 0.692. The number of methoxy groups -OCH3 is 2. The number of hydrogen-bond acceptors (Lipinski definition) is 5. The van der Waals surface area contributed by atoms with Crippen LogP contribution in [0.5, 0.6) is 5.75 Å². The molecule has 1 atom stereocenters. The van der Waals surface area contributed by atoms with E-state index in [0.717, 1.165) is 0 Å². The number of carbonyl (C=O) groups is 1. The van der Waals surface area contributed by atoms with Crippen molar-refractivity contribution >= 4 is 11.6 Å². The highest BCUT2D eigenvalue weighted by atomic mass is 16.5. The smallest absolute Gasteiger partial charge is 0.260 e. The molecule has 2 N–H and O–H groups in total. The van der Waals surface area contributed by atoms with E-state index < -0.39 is 0 Å². The van der Waals surface area contributed by atoms with Crippen molar-refractivity contribution in [3.05, 3.63) is 24.3 Å². The van der Waals surface area contributed by atoms with Crippen molar-refractivity contribution in [3.63, 3.8) is 0 Å². The normalized spacial score (nSPS) is 12.0. The number of anilines is 1. The van der Waals surface area contributed by atoms with Gasteiger partial charge in [0, 0.05) is 26.5 Å². The van der Waals surface area contributed by atoms with Gasteiger partial charge in [0.1, 0.15) is 5.75 Å². The average Bonchev–Trinajstić information content (AvgIpc) is 2.47. The van der Waals surface area contributed by atoms with E-state index >= 15 is 0 Å². The van der Waals surface area contributed by atoms with Crippen LogP contribution in [0.25, 0.3) is 0 Å². The molecule has 1 rings (SSSR count). The SMILES string of the molecule is COCCN(C(=O)COc1ccc(N)cc1)C(C)COC. The minimum Gasteiger partial charge on any atom is -0.484 e. The Morgan fingerprint density at radius 3 is 2.48 bits per heavy atom. The van der Waals surface area contributed by atoms with Gasteiger partial charge in [-0.1, -0.05) is 0 Å². The highest BCUT2D eigenvalue weighted by Gasteiger charge is 2.20. The minimum absolute atomic E-state index is 0.0261. The van der Waals surface area contributed by atoms with E-state index in [4.69, 9.17) is 19.9 Å². The second-order valence-electron chi connectivity index (χ2n) is 4.74. The molecule has 0 bridgehead atoms. The fourth-order valence-electron chi connectivity index (χ4n) is 1.90. The third-order valence-electron chi connectivity index (χ3n) is 3.04. The first-order valence-electron chi connectivity index (χ1n) is 6.84. The maximum Gasteiger partial charge on any atom is 0.260 e. The molecule has 0 spiro atoms. The number of hydrogen-bond donors (Lipinski definition) is 1. The van der Waals surface area contributed by atoms with Crippen LogP contribution >= 0.6 is 0 Å². The summed E-state index contributed by atoms with van der Waals surface area (Å²) in [6.07, 6.45) is 0. The van der Waals surface area contributed by atoms with Gasteiger partial charge in [0.05, 0.1) is 19.3 Å². The molecule has 0 saturated heterocycles. The zero-order chi connectivity index (χ0) is 15.7. The summed E-state index contributed by atoms with van der Waals surface area (Å²) < 4.78 is 15.6. The lowest BCUT2D eigenvalue weighted by atomic mass is 10.3. The molecule has 118 valence electrons. The maximum absolute atomic E-state index is 12.3. The molecule has 0 aliphatic rings. The number of benzene rings is 1. The summed E-state index contributed by atoms with van der Waals surface area (Å²) in [4.78, 5) is 14.0. The summed E-state index contributed by atoms with van der Waals surface area (Å²) in [5.74, 6) is 0.511. The molecule has 1 aromatic rings. The molecule has 21 heavy (non-hydrogen) atoms. The molecule has 1 amide bonds. The van der Waals surface area contributed by atoms with Crippen LogP contribution in [0.2, 0.25) is 0 Å². The molecule has 0 aliphatic carbocycles. The minimum atomic E-state index is -0.103. The Labute approximate surface area is 125 Å². The number of nitrogens with zero attached hydrogens (tertiary/aromatic N) is 1. The van der Waals surface area contributed by atoms with E-state index in [1.165, 1.54) is 0 Å². The summed E-state index contributed by atoms with van der Waals surface area (Å²) in [5.41, 5.74) is 6.26. The van der Waals surface area contributed by atoms with E-state index in [-0.39, 0.29) is 18.6 Å². The number of ether oxygens (including phenoxy) is 3. The van der Waals surface area contributed by atoms with E-state index in [2.05, 4.69) is 0 Å². The van der Waals surface area contributed by atoms with Gasteiger partial charge >= 0.3 is 0 Å². The largest absolute Gasteiger partial charge is 0.484 e. The van der Waals surface area contributed by atoms with Crippen LogP contribution in [0.15, 0.2) is 24.3 Å². The van der Waals surface area contributed by atoms with Crippen LogP contribution < -0.4 is 10.5 Å². The van der Waals surface area contributed by atoms with Gasteiger partial charge in [-0.3, -0.25) is 4.79 Å². The molecule has 1 aromatic carbocycles. The van der Waals surface area contributed by atoms with Crippen LogP contribution in [-0.2, 0) is 14.3 Å².